The number of carbonyl (C=O) groups excluding carboxylic acids is 1. The number of aromatic nitrogens is 1. The average molecular weight is 292 g/mol. The van der Waals surface area contributed by atoms with Gasteiger partial charge in [0.05, 0.1) is 11.9 Å². The van der Waals surface area contributed by atoms with Crippen molar-refractivity contribution >= 4 is 11.6 Å². The van der Waals surface area contributed by atoms with Crippen molar-refractivity contribution in [1.29, 1.82) is 5.26 Å². The van der Waals surface area contributed by atoms with Crippen molar-refractivity contribution < 1.29 is 4.79 Å². The van der Waals surface area contributed by atoms with E-state index >= 15 is 0 Å². The Morgan fingerprint density at radius 2 is 1.77 bits per heavy atom. The molecule has 0 aliphatic carbocycles. The largest absolute Gasteiger partial charge is 0.367 e. The van der Waals surface area contributed by atoms with Gasteiger partial charge in [0.1, 0.15) is 11.8 Å². The standard InChI is InChI=1S/C17H16N4O/c18-12-15-6-7-16(13-19-15)20-8-10-21(11-9-20)17(22)14-4-2-1-3-5-14/h1-7,13H,8-11H2. The van der Waals surface area contributed by atoms with Gasteiger partial charge in [-0.1, -0.05) is 18.2 Å². The molecule has 0 radical (unpaired) electrons. The van der Waals surface area contributed by atoms with Crippen molar-refractivity contribution in [2.24, 2.45) is 0 Å². The second kappa shape index (κ2) is 6.27. The van der Waals surface area contributed by atoms with E-state index < -0.39 is 0 Å². The number of hydrogen-bond acceptors (Lipinski definition) is 4. The van der Waals surface area contributed by atoms with Crippen LogP contribution in [0.4, 0.5) is 5.69 Å². The van der Waals surface area contributed by atoms with E-state index in [-0.39, 0.29) is 5.91 Å². The molecule has 5 heteroatoms. The van der Waals surface area contributed by atoms with Gasteiger partial charge in [-0.05, 0) is 24.3 Å². The summed E-state index contributed by atoms with van der Waals surface area (Å²) in [5, 5.41) is 8.77. The highest BCUT2D eigenvalue weighted by molar-refractivity contribution is 5.94. The van der Waals surface area contributed by atoms with E-state index in [1.165, 1.54) is 0 Å². The zero-order valence-electron chi connectivity index (χ0n) is 12.1. The van der Waals surface area contributed by atoms with Crippen LogP contribution in [0.2, 0.25) is 0 Å². The molecule has 1 saturated heterocycles. The van der Waals surface area contributed by atoms with Gasteiger partial charge in [0.25, 0.3) is 5.91 Å². The van der Waals surface area contributed by atoms with E-state index in [1.807, 2.05) is 47.4 Å². The third-order valence-corrected chi connectivity index (χ3v) is 3.82. The first-order chi connectivity index (χ1) is 10.8. The van der Waals surface area contributed by atoms with Crippen LogP contribution in [0.15, 0.2) is 48.7 Å². The second-order valence-electron chi connectivity index (χ2n) is 5.16. The third-order valence-electron chi connectivity index (χ3n) is 3.82. The quantitative estimate of drug-likeness (QED) is 0.848. The Hall–Kier alpha value is -2.87. The smallest absolute Gasteiger partial charge is 0.253 e. The molecule has 0 atom stereocenters. The van der Waals surface area contributed by atoms with Crippen molar-refractivity contribution in [3.63, 3.8) is 0 Å². The molecule has 0 bridgehead atoms. The Morgan fingerprint density at radius 1 is 1.05 bits per heavy atom. The maximum Gasteiger partial charge on any atom is 0.253 e. The minimum Gasteiger partial charge on any atom is -0.367 e. The number of benzene rings is 1. The summed E-state index contributed by atoms with van der Waals surface area (Å²) in [7, 11) is 0. The minimum absolute atomic E-state index is 0.0817. The number of amides is 1. The van der Waals surface area contributed by atoms with Gasteiger partial charge in [-0.25, -0.2) is 4.98 Å². The lowest BCUT2D eigenvalue weighted by molar-refractivity contribution is 0.0747. The van der Waals surface area contributed by atoms with Gasteiger partial charge in [0.2, 0.25) is 0 Å². The number of hydrogen-bond donors (Lipinski definition) is 0. The van der Waals surface area contributed by atoms with Gasteiger partial charge in [0.15, 0.2) is 0 Å². The molecule has 22 heavy (non-hydrogen) atoms. The van der Waals surface area contributed by atoms with Crippen molar-refractivity contribution in [1.82, 2.24) is 9.88 Å². The summed E-state index contributed by atoms with van der Waals surface area (Å²) < 4.78 is 0. The fourth-order valence-electron chi connectivity index (χ4n) is 2.57. The normalized spacial score (nSPS) is 14.5. The SMILES string of the molecule is N#Cc1ccc(N2CCN(C(=O)c3ccccc3)CC2)cn1. The molecular formula is C17H16N4O. The monoisotopic (exact) mass is 292 g/mol. The van der Waals surface area contributed by atoms with Crippen LogP contribution in [-0.2, 0) is 0 Å². The van der Waals surface area contributed by atoms with Crippen LogP contribution in [0.1, 0.15) is 16.1 Å². The Bertz CT molecular complexity index is 683. The second-order valence-corrected chi connectivity index (χ2v) is 5.16. The van der Waals surface area contributed by atoms with Gasteiger partial charge < -0.3 is 9.80 Å². The van der Waals surface area contributed by atoms with E-state index in [2.05, 4.69) is 9.88 Å². The van der Waals surface area contributed by atoms with Gasteiger partial charge in [-0.2, -0.15) is 5.26 Å². The zero-order valence-corrected chi connectivity index (χ0v) is 12.1. The summed E-state index contributed by atoms with van der Waals surface area (Å²) in [4.78, 5) is 20.5. The van der Waals surface area contributed by atoms with Crippen LogP contribution in [0.3, 0.4) is 0 Å². The lowest BCUT2D eigenvalue weighted by atomic mass is 10.2. The highest BCUT2D eigenvalue weighted by Gasteiger charge is 2.22. The summed E-state index contributed by atoms with van der Waals surface area (Å²) >= 11 is 0. The van der Waals surface area contributed by atoms with Crippen molar-refractivity contribution in [3.8, 4) is 6.07 Å². The topological polar surface area (TPSA) is 60.2 Å². The molecule has 0 N–H and O–H groups in total. The third kappa shape index (κ3) is 2.91. The van der Waals surface area contributed by atoms with E-state index in [4.69, 9.17) is 5.26 Å². The molecule has 1 aromatic heterocycles. The Kier molecular flexibility index (Phi) is 4.01. The Morgan fingerprint density at radius 3 is 2.36 bits per heavy atom. The molecule has 1 fully saturated rings. The highest BCUT2D eigenvalue weighted by atomic mass is 16.2. The summed E-state index contributed by atoms with van der Waals surface area (Å²) in [5.41, 5.74) is 2.14. The maximum absolute atomic E-state index is 12.4. The minimum atomic E-state index is 0.0817. The van der Waals surface area contributed by atoms with Crippen LogP contribution >= 0.6 is 0 Å². The van der Waals surface area contributed by atoms with Crippen molar-refractivity contribution in [2.75, 3.05) is 31.1 Å². The van der Waals surface area contributed by atoms with Crippen molar-refractivity contribution in [2.45, 2.75) is 0 Å². The van der Waals surface area contributed by atoms with Gasteiger partial charge >= 0.3 is 0 Å². The number of carbonyl (C=O) groups is 1. The molecule has 2 aromatic rings. The number of nitriles is 1. The fraction of sp³-hybridized carbons (Fsp3) is 0.235. The predicted molar refractivity (Wildman–Crippen MR) is 83.5 cm³/mol. The van der Waals surface area contributed by atoms with Gasteiger partial charge in [-0.3, -0.25) is 4.79 Å². The highest BCUT2D eigenvalue weighted by Crippen LogP contribution is 2.16. The first-order valence-corrected chi connectivity index (χ1v) is 7.23. The molecule has 0 saturated carbocycles. The molecule has 3 rings (SSSR count). The number of pyridine rings is 1. The molecule has 1 aliphatic rings. The molecule has 110 valence electrons. The summed E-state index contributed by atoms with van der Waals surface area (Å²) in [6.07, 6.45) is 1.72. The van der Waals surface area contributed by atoms with E-state index in [0.29, 0.717) is 18.8 Å². The molecule has 5 nitrogen and oxygen atoms in total. The molecule has 1 aromatic carbocycles. The summed E-state index contributed by atoms with van der Waals surface area (Å²) in [6.45, 7) is 2.92. The fourth-order valence-corrected chi connectivity index (χ4v) is 2.57. The first-order valence-electron chi connectivity index (χ1n) is 7.23. The van der Waals surface area contributed by atoms with Gasteiger partial charge in [0, 0.05) is 31.7 Å². The summed E-state index contributed by atoms with van der Waals surface area (Å²) in [6, 6.07) is 15.0. The molecule has 0 spiro atoms. The zero-order chi connectivity index (χ0) is 15.4. The van der Waals surface area contributed by atoms with Crippen LogP contribution in [0.5, 0.6) is 0 Å². The van der Waals surface area contributed by atoms with Gasteiger partial charge in [-0.15, -0.1) is 0 Å². The molecule has 1 amide bonds. The molecule has 2 heterocycles. The predicted octanol–water partition coefficient (Wildman–Crippen LogP) is 1.92. The maximum atomic E-state index is 12.4. The lowest BCUT2D eigenvalue weighted by Crippen LogP contribution is -2.48. The molecule has 1 aliphatic heterocycles. The van der Waals surface area contributed by atoms with Crippen molar-refractivity contribution in [3.05, 3.63) is 59.9 Å². The Labute approximate surface area is 129 Å². The number of nitrogens with zero attached hydrogens (tertiary/aromatic N) is 4. The van der Waals surface area contributed by atoms with Crippen LogP contribution in [-0.4, -0.2) is 42.0 Å². The Balaban J connectivity index is 1.62. The number of rotatable bonds is 2. The van der Waals surface area contributed by atoms with Crippen LogP contribution in [0, 0.1) is 11.3 Å². The number of anilines is 1. The summed E-state index contributed by atoms with van der Waals surface area (Å²) in [5.74, 6) is 0.0817. The van der Waals surface area contributed by atoms with E-state index in [0.717, 1.165) is 24.3 Å². The lowest BCUT2D eigenvalue weighted by Gasteiger charge is -2.36. The molecular weight excluding hydrogens is 276 g/mol. The van der Waals surface area contributed by atoms with E-state index in [9.17, 15) is 4.79 Å². The van der Waals surface area contributed by atoms with Crippen LogP contribution < -0.4 is 4.90 Å². The first kappa shape index (κ1) is 14.1. The van der Waals surface area contributed by atoms with E-state index in [1.54, 1.807) is 12.3 Å². The number of piperazine rings is 1. The van der Waals surface area contributed by atoms with Crippen LogP contribution in [0.25, 0.3) is 0 Å². The average Bonchev–Trinajstić information content (AvgIpc) is 2.62. The molecule has 0 unspecified atom stereocenters.